The van der Waals surface area contributed by atoms with Crippen LogP contribution >= 0.6 is 0 Å². The molecule has 0 amide bonds. The maximum Gasteiger partial charge on any atom is 0.147 e. The first-order valence-electron chi connectivity index (χ1n) is 7.72. The normalized spacial score (nSPS) is 28.9. The van der Waals surface area contributed by atoms with Gasteiger partial charge in [-0.1, -0.05) is 26.2 Å². The number of aromatic nitrogens is 3. The van der Waals surface area contributed by atoms with Crippen molar-refractivity contribution in [2.75, 3.05) is 13.1 Å². The topological polar surface area (TPSA) is 46.0 Å². The van der Waals surface area contributed by atoms with E-state index in [0.29, 0.717) is 12.1 Å². The van der Waals surface area contributed by atoms with Gasteiger partial charge in [0.1, 0.15) is 12.2 Å². The molecule has 0 saturated heterocycles. The highest BCUT2D eigenvalue weighted by molar-refractivity contribution is 4.95. The number of hydrogen-bond acceptors (Lipinski definition) is 4. The summed E-state index contributed by atoms with van der Waals surface area (Å²) in [5, 5.41) is 12.0. The molecule has 3 rings (SSSR count). The Kier molecular flexibility index (Phi) is 4.13. The summed E-state index contributed by atoms with van der Waals surface area (Å²) in [6.07, 6.45) is 8.64. The molecule has 2 heterocycles. The van der Waals surface area contributed by atoms with Gasteiger partial charge in [0, 0.05) is 25.2 Å². The number of fused-ring (bicyclic) bond motifs is 1. The van der Waals surface area contributed by atoms with Gasteiger partial charge in [0.25, 0.3) is 0 Å². The van der Waals surface area contributed by atoms with Gasteiger partial charge in [-0.05, 0) is 19.4 Å². The van der Waals surface area contributed by atoms with E-state index in [1.165, 1.54) is 32.1 Å². The molecule has 19 heavy (non-hydrogen) atoms. The van der Waals surface area contributed by atoms with E-state index in [-0.39, 0.29) is 0 Å². The Morgan fingerprint density at radius 1 is 1.26 bits per heavy atom. The number of hydrogen-bond donors (Lipinski definition) is 1. The molecule has 1 aromatic rings. The fourth-order valence-corrected chi connectivity index (χ4v) is 3.59. The van der Waals surface area contributed by atoms with Gasteiger partial charge in [0.2, 0.25) is 0 Å². The van der Waals surface area contributed by atoms with Gasteiger partial charge in [-0.2, -0.15) is 0 Å². The van der Waals surface area contributed by atoms with Gasteiger partial charge in [-0.3, -0.25) is 4.90 Å². The molecule has 1 fully saturated rings. The highest BCUT2D eigenvalue weighted by atomic mass is 15.3. The molecule has 1 saturated carbocycles. The fraction of sp³-hybridized carbons (Fsp3) is 0.857. The predicted molar refractivity (Wildman–Crippen MR) is 74.8 cm³/mol. The van der Waals surface area contributed by atoms with Gasteiger partial charge >= 0.3 is 0 Å². The number of nitrogens with zero attached hydrogens (tertiary/aromatic N) is 4. The molecule has 0 spiro atoms. The Labute approximate surface area is 115 Å². The quantitative estimate of drug-likeness (QED) is 0.838. The third kappa shape index (κ3) is 2.82. The molecule has 1 N–H and O–H groups in total. The van der Waals surface area contributed by atoms with Crippen molar-refractivity contribution in [3.63, 3.8) is 0 Å². The Morgan fingerprint density at radius 2 is 2.16 bits per heavy atom. The lowest BCUT2D eigenvalue weighted by atomic mass is 10.0. The maximum atomic E-state index is 4.25. The van der Waals surface area contributed by atoms with E-state index in [4.69, 9.17) is 0 Å². The molecular weight excluding hydrogens is 238 g/mol. The first-order chi connectivity index (χ1) is 9.38. The lowest BCUT2D eigenvalue weighted by molar-refractivity contribution is 0.115. The number of nitrogens with one attached hydrogen (secondary N) is 1. The Bertz CT molecular complexity index is 402. The first-order valence-corrected chi connectivity index (χ1v) is 7.72. The van der Waals surface area contributed by atoms with Gasteiger partial charge in [0.05, 0.1) is 6.54 Å². The maximum absolute atomic E-state index is 4.25. The zero-order valence-corrected chi connectivity index (χ0v) is 11.9. The highest BCUT2D eigenvalue weighted by Crippen LogP contribution is 2.25. The van der Waals surface area contributed by atoms with Crippen molar-refractivity contribution in [2.24, 2.45) is 0 Å². The molecule has 0 bridgehead atoms. The van der Waals surface area contributed by atoms with Crippen LogP contribution in [0.2, 0.25) is 0 Å². The monoisotopic (exact) mass is 263 g/mol. The first kappa shape index (κ1) is 13.1. The molecule has 1 aromatic heterocycles. The minimum absolute atomic E-state index is 0.655. The van der Waals surface area contributed by atoms with E-state index in [1.807, 2.05) is 6.33 Å². The van der Waals surface area contributed by atoms with Crippen molar-refractivity contribution in [1.82, 2.24) is 25.0 Å². The van der Waals surface area contributed by atoms with Crippen LogP contribution in [-0.2, 0) is 13.1 Å². The van der Waals surface area contributed by atoms with Crippen molar-refractivity contribution in [2.45, 2.75) is 64.2 Å². The van der Waals surface area contributed by atoms with Gasteiger partial charge in [-0.25, -0.2) is 0 Å². The van der Waals surface area contributed by atoms with Crippen LogP contribution < -0.4 is 5.32 Å². The van der Waals surface area contributed by atoms with Crippen LogP contribution in [0.4, 0.5) is 0 Å². The van der Waals surface area contributed by atoms with Crippen LogP contribution in [0.3, 0.4) is 0 Å². The van der Waals surface area contributed by atoms with Crippen molar-refractivity contribution >= 4 is 0 Å². The summed E-state index contributed by atoms with van der Waals surface area (Å²) in [7, 11) is 0. The van der Waals surface area contributed by atoms with Gasteiger partial charge < -0.3 is 9.88 Å². The van der Waals surface area contributed by atoms with Crippen LogP contribution in [0, 0.1) is 0 Å². The SMILES string of the molecule is CCNC1CCCCCC1N1CCn2cnnc2C1. The van der Waals surface area contributed by atoms with E-state index in [2.05, 4.69) is 31.9 Å². The number of rotatable bonds is 3. The molecular formula is C14H25N5. The molecule has 1 aliphatic carbocycles. The third-order valence-electron chi connectivity index (χ3n) is 4.58. The zero-order valence-electron chi connectivity index (χ0n) is 11.9. The average molecular weight is 263 g/mol. The Balaban J connectivity index is 1.72. The Morgan fingerprint density at radius 3 is 3.05 bits per heavy atom. The summed E-state index contributed by atoms with van der Waals surface area (Å²) in [4.78, 5) is 2.63. The molecule has 5 heteroatoms. The molecule has 2 aliphatic rings. The van der Waals surface area contributed by atoms with E-state index in [1.54, 1.807) is 0 Å². The van der Waals surface area contributed by atoms with Crippen LogP contribution in [-0.4, -0.2) is 44.8 Å². The second-order valence-corrected chi connectivity index (χ2v) is 5.78. The van der Waals surface area contributed by atoms with Crippen molar-refractivity contribution in [3.8, 4) is 0 Å². The molecule has 106 valence electrons. The summed E-state index contributed by atoms with van der Waals surface area (Å²) >= 11 is 0. The van der Waals surface area contributed by atoms with Crippen LogP contribution in [0.25, 0.3) is 0 Å². The highest BCUT2D eigenvalue weighted by Gasteiger charge is 2.31. The van der Waals surface area contributed by atoms with E-state index >= 15 is 0 Å². The smallest absolute Gasteiger partial charge is 0.147 e. The van der Waals surface area contributed by atoms with Crippen LogP contribution in [0.15, 0.2) is 6.33 Å². The van der Waals surface area contributed by atoms with Crippen molar-refractivity contribution in [1.29, 1.82) is 0 Å². The number of likely N-dealkylation sites (N-methyl/N-ethyl adjacent to an activating group) is 1. The lowest BCUT2D eigenvalue weighted by Gasteiger charge is -2.38. The van der Waals surface area contributed by atoms with E-state index in [0.717, 1.165) is 32.0 Å². The minimum atomic E-state index is 0.655. The van der Waals surface area contributed by atoms with Crippen molar-refractivity contribution < 1.29 is 0 Å². The van der Waals surface area contributed by atoms with E-state index in [9.17, 15) is 0 Å². The molecule has 0 aromatic carbocycles. The largest absolute Gasteiger partial charge is 0.315 e. The molecule has 1 aliphatic heterocycles. The summed E-state index contributed by atoms with van der Waals surface area (Å²) in [5.41, 5.74) is 0. The van der Waals surface area contributed by atoms with Crippen LogP contribution in [0.1, 0.15) is 44.9 Å². The average Bonchev–Trinajstić information content (AvgIpc) is 2.77. The summed E-state index contributed by atoms with van der Waals surface area (Å²) in [6, 6.07) is 1.33. The zero-order chi connectivity index (χ0) is 13.1. The third-order valence-corrected chi connectivity index (χ3v) is 4.58. The molecule has 0 radical (unpaired) electrons. The summed E-state index contributed by atoms with van der Waals surface area (Å²) < 4.78 is 2.19. The lowest BCUT2D eigenvalue weighted by Crippen LogP contribution is -2.51. The summed E-state index contributed by atoms with van der Waals surface area (Å²) in [5.74, 6) is 1.13. The molecule has 5 nitrogen and oxygen atoms in total. The Hall–Kier alpha value is -0.940. The fourth-order valence-electron chi connectivity index (χ4n) is 3.59. The van der Waals surface area contributed by atoms with Crippen LogP contribution in [0.5, 0.6) is 0 Å². The summed E-state index contributed by atoms with van der Waals surface area (Å²) in [6.45, 7) is 6.43. The van der Waals surface area contributed by atoms with Crippen molar-refractivity contribution in [3.05, 3.63) is 12.2 Å². The molecule has 2 atom stereocenters. The van der Waals surface area contributed by atoms with Gasteiger partial charge in [-0.15, -0.1) is 10.2 Å². The second-order valence-electron chi connectivity index (χ2n) is 5.78. The van der Waals surface area contributed by atoms with Gasteiger partial charge in [0.15, 0.2) is 0 Å². The standard InChI is InChI=1S/C14H25N5/c1-2-15-12-6-4-3-5-7-13(12)18-8-9-19-11-16-17-14(19)10-18/h11-13,15H,2-10H2,1H3. The molecule has 2 unspecified atom stereocenters. The second kappa shape index (κ2) is 6.01. The minimum Gasteiger partial charge on any atom is -0.315 e. The predicted octanol–water partition coefficient (Wildman–Crippen LogP) is 1.40. The van der Waals surface area contributed by atoms with E-state index < -0.39 is 0 Å².